The molecule has 9 heteroatoms. The number of fused-ring (bicyclic) bond motifs is 1. The van der Waals surface area contributed by atoms with Crippen molar-refractivity contribution in [2.24, 2.45) is 0 Å². The fraction of sp³-hybridized carbons (Fsp3) is 0.0556. The lowest BCUT2D eigenvalue weighted by Crippen LogP contribution is -2.11. The summed E-state index contributed by atoms with van der Waals surface area (Å²) in [5, 5.41) is 9.79. The van der Waals surface area contributed by atoms with Crippen LogP contribution in [-0.2, 0) is 6.18 Å². The normalized spacial score (nSPS) is 11.7. The second-order valence-electron chi connectivity index (χ2n) is 5.67. The van der Waals surface area contributed by atoms with Crippen LogP contribution in [0.3, 0.4) is 0 Å². The molecule has 0 aliphatic rings. The first-order valence-corrected chi connectivity index (χ1v) is 8.62. The summed E-state index contributed by atoms with van der Waals surface area (Å²) >= 11 is 1.14. The van der Waals surface area contributed by atoms with E-state index >= 15 is 0 Å². The molecule has 27 heavy (non-hydrogen) atoms. The molecule has 0 aliphatic carbocycles. The van der Waals surface area contributed by atoms with Crippen LogP contribution < -0.4 is 5.32 Å². The zero-order valence-corrected chi connectivity index (χ0v) is 14.4. The number of carbonyl (C=O) groups excluding carboxylic acids is 1. The van der Waals surface area contributed by atoms with Crippen LogP contribution in [-0.4, -0.2) is 21.1 Å². The van der Waals surface area contributed by atoms with E-state index in [9.17, 15) is 18.0 Å². The van der Waals surface area contributed by atoms with Crippen LogP contribution in [0.4, 0.5) is 18.3 Å². The second-order valence-corrected chi connectivity index (χ2v) is 6.67. The molecule has 5 nitrogen and oxygen atoms in total. The van der Waals surface area contributed by atoms with Crippen molar-refractivity contribution in [3.8, 4) is 11.3 Å². The van der Waals surface area contributed by atoms with Crippen LogP contribution in [0, 0.1) is 0 Å². The van der Waals surface area contributed by atoms with Gasteiger partial charge in [0.05, 0.1) is 5.56 Å². The third-order valence-electron chi connectivity index (χ3n) is 3.84. The molecule has 0 atom stereocenters. The monoisotopic (exact) mass is 388 g/mol. The molecule has 4 aromatic rings. The minimum Gasteiger partial charge on any atom is -0.298 e. The first-order chi connectivity index (χ1) is 12.9. The lowest BCUT2D eigenvalue weighted by Gasteiger charge is -2.07. The molecule has 0 saturated carbocycles. The highest BCUT2D eigenvalue weighted by Gasteiger charge is 2.30. The molecule has 2 N–H and O–H groups in total. The zero-order chi connectivity index (χ0) is 19.0. The van der Waals surface area contributed by atoms with E-state index in [0.717, 1.165) is 23.5 Å². The molecule has 0 unspecified atom stereocenters. The molecule has 0 bridgehead atoms. The second kappa shape index (κ2) is 6.51. The highest BCUT2D eigenvalue weighted by atomic mass is 32.1. The van der Waals surface area contributed by atoms with E-state index in [1.165, 1.54) is 6.07 Å². The van der Waals surface area contributed by atoms with Gasteiger partial charge in [-0.15, -0.1) is 0 Å². The van der Waals surface area contributed by atoms with E-state index in [4.69, 9.17) is 0 Å². The number of aromatic amines is 1. The van der Waals surface area contributed by atoms with Gasteiger partial charge in [0.25, 0.3) is 5.91 Å². The maximum absolute atomic E-state index is 12.9. The molecule has 1 amide bonds. The van der Waals surface area contributed by atoms with Gasteiger partial charge in [-0.05, 0) is 24.3 Å². The molecule has 0 spiro atoms. The number of H-pyrrole nitrogens is 1. The number of nitrogens with one attached hydrogen (secondary N) is 2. The quantitative estimate of drug-likeness (QED) is 0.521. The summed E-state index contributed by atoms with van der Waals surface area (Å²) < 4.78 is 39.4. The van der Waals surface area contributed by atoms with Gasteiger partial charge in [0.15, 0.2) is 10.8 Å². The van der Waals surface area contributed by atoms with Crippen LogP contribution >= 0.6 is 11.3 Å². The van der Waals surface area contributed by atoms with Crippen LogP contribution in [0.1, 0.15) is 15.9 Å². The summed E-state index contributed by atoms with van der Waals surface area (Å²) in [6.45, 7) is 0. The molecule has 2 heterocycles. The van der Waals surface area contributed by atoms with Crippen molar-refractivity contribution in [1.29, 1.82) is 0 Å². The summed E-state index contributed by atoms with van der Waals surface area (Å²) in [6.07, 6.45) is -4.44. The number of aromatic nitrogens is 3. The maximum Gasteiger partial charge on any atom is 0.416 e. The highest BCUT2D eigenvalue weighted by molar-refractivity contribution is 7.22. The minimum atomic E-state index is -4.44. The standard InChI is InChI=1S/C18H11F3N4OS/c19-18(20,21)12-8-4-7-11(9-12)13-14-15(25-24-13)22-17(27-14)23-16(26)10-5-2-1-3-6-10/h1-9H,(H2,22,23,24,25,26). The number of alkyl halides is 3. The van der Waals surface area contributed by atoms with Gasteiger partial charge in [0, 0.05) is 11.1 Å². The van der Waals surface area contributed by atoms with Gasteiger partial charge in [-0.3, -0.25) is 15.2 Å². The summed E-state index contributed by atoms with van der Waals surface area (Å²) in [5.41, 5.74) is 0.802. The first kappa shape index (κ1) is 17.2. The predicted octanol–water partition coefficient (Wildman–Crippen LogP) is 4.96. The third kappa shape index (κ3) is 3.41. The largest absolute Gasteiger partial charge is 0.416 e. The number of hydrogen-bond acceptors (Lipinski definition) is 4. The molecule has 0 radical (unpaired) electrons. The number of amides is 1. The van der Waals surface area contributed by atoms with Crippen molar-refractivity contribution < 1.29 is 18.0 Å². The molecule has 0 aliphatic heterocycles. The Balaban J connectivity index is 1.66. The Labute approximate surface area is 154 Å². The minimum absolute atomic E-state index is 0.319. The molecular formula is C18H11F3N4OS. The fourth-order valence-electron chi connectivity index (χ4n) is 2.57. The zero-order valence-electron chi connectivity index (χ0n) is 13.5. The predicted molar refractivity (Wildman–Crippen MR) is 96.6 cm³/mol. The number of rotatable bonds is 3. The Morgan fingerprint density at radius 1 is 1.07 bits per heavy atom. The third-order valence-corrected chi connectivity index (χ3v) is 4.81. The summed E-state index contributed by atoms with van der Waals surface area (Å²) in [7, 11) is 0. The number of carbonyl (C=O) groups is 1. The van der Waals surface area contributed by atoms with Gasteiger partial charge in [0.1, 0.15) is 10.4 Å². The van der Waals surface area contributed by atoms with Gasteiger partial charge in [-0.1, -0.05) is 41.7 Å². The van der Waals surface area contributed by atoms with Gasteiger partial charge in [0.2, 0.25) is 0 Å². The lowest BCUT2D eigenvalue weighted by molar-refractivity contribution is -0.137. The smallest absolute Gasteiger partial charge is 0.298 e. The number of anilines is 1. The Bertz CT molecular complexity index is 1120. The van der Waals surface area contributed by atoms with E-state index < -0.39 is 11.7 Å². The lowest BCUT2D eigenvalue weighted by atomic mass is 10.1. The SMILES string of the molecule is O=C(Nc1nc2[nH]nc(-c3cccc(C(F)(F)F)c3)c2s1)c1ccccc1. The Hall–Kier alpha value is -3.20. The number of hydrogen-bond donors (Lipinski definition) is 2. The molecule has 2 aromatic heterocycles. The average molecular weight is 388 g/mol. The highest BCUT2D eigenvalue weighted by Crippen LogP contribution is 2.36. The van der Waals surface area contributed by atoms with Crippen molar-refractivity contribution in [3.63, 3.8) is 0 Å². The molecular weight excluding hydrogens is 377 g/mol. The van der Waals surface area contributed by atoms with Gasteiger partial charge in [-0.2, -0.15) is 18.3 Å². The topological polar surface area (TPSA) is 70.7 Å². The maximum atomic E-state index is 12.9. The van der Waals surface area contributed by atoms with Crippen molar-refractivity contribution in [2.75, 3.05) is 5.32 Å². The van der Waals surface area contributed by atoms with E-state index in [0.29, 0.717) is 32.3 Å². The number of nitrogens with zero attached hydrogens (tertiary/aromatic N) is 2. The Morgan fingerprint density at radius 3 is 2.59 bits per heavy atom. The van der Waals surface area contributed by atoms with Crippen molar-refractivity contribution in [3.05, 3.63) is 65.7 Å². The molecule has 4 rings (SSSR count). The molecule has 136 valence electrons. The summed E-state index contributed by atoms with van der Waals surface area (Å²) in [4.78, 5) is 16.5. The average Bonchev–Trinajstić information content (AvgIpc) is 3.22. The first-order valence-electron chi connectivity index (χ1n) is 7.81. The van der Waals surface area contributed by atoms with Gasteiger partial charge >= 0.3 is 6.18 Å². The van der Waals surface area contributed by atoms with Crippen molar-refractivity contribution in [1.82, 2.24) is 15.2 Å². The summed E-state index contributed by atoms with van der Waals surface area (Å²) in [6, 6.07) is 13.6. The number of halogens is 3. The van der Waals surface area contributed by atoms with Crippen LogP contribution in [0.25, 0.3) is 21.6 Å². The van der Waals surface area contributed by atoms with E-state index in [1.807, 2.05) is 0 Å². The van der Waals surface area contributed by atoms with E-state index in [-0.39, 0.29) is 5.91 Å². The molecule has 2 aromatic carbocycles. The van der Waals surface area contributed by atoms with E-state index in [1.54, 1.807) is 36.4 Å². The fourth-order valence-corrected chi connectivity index (χ4v) is 3.49. The van der Waals surface area contributed by atoms with Crippen molar-refractivity contribution >= 4 is 32.7 Å². The Kier molecular flexibility index (Phi) is 4.15. The van der Waals surface area contributed by atoms with Gasteiger partial charge in [-0.25, -0.2) is 4.98 Å². The molecule has 0 saturated heterocycles. The van der Waals surface area contributed by atoms with Crippen molar-refractivity contribution in [2.45, 2.75) is 6.18 Å². The number of benzene rings is 2. The van der Waals surface area contributed by atoms with E-state index in [2.05, 4.69) is 20.5 Å². The number of thiazole rings is 1. The summed E-state index contributed by atoms with van der Waals surface area (Å²) in [5.74, 6) is -0.319. The Morgan fingerprint density at radius 2 is 1.85 bits per heavy atom. The van der Waals surface area contributed by atoms with Crippen LogP contribution in [0.15, 0.2) is 54.6 Å². The van der Waals surface area contributed by atoms with Crippen LogP contribution in [0.2, 0.25) is 0 Å². The van der Waals surface area contributed by atoms with Gasteiger partial charge < -0.3 is 0 Å². The molecule has 0 fully saturated rings. The van der Waals surface area contributed by atoms with Crippen LogP contribution in [0.5, 0.6) is 0 Å².